The summed E-state index contributed by atoms with van der Waals surface area (Å²) in [7, 11) is -1.29. The minimum absolute atomic E-state index is 0. The zero-order valence-electron chi connectivity index (χ0n) is 29.2. The predicted octanol–water partition coefficient (Wildman–Crippen LogP) is 11.0. The van der Waals surface area contributed by atoms with Crippen molar-refractivity contribution >= 4 is 13.3 Å². The fraction of sp³-hybridized carbons (Fsp3) is 0.227. The molecule has 48 heavy (non-hydrogen) atoms. The van der Waals surface area contributed by atoms with Gasteiger partial charge in [0.2, 0.25) is 0 Å². The zero-order chi connectivity index (χ0) is 33.4. The van der Waals surface area contributed by atoms with Crippen molar-refractivity contribution < 1.29 is 20.1 Å². The van der Waals surface area contributed by atoms with Gasteiger partial charge in [-0.25, -0.2) is 0 Å². The summed E-state index contributed by atoms with van der Waals surface area (Å²) in [5, 5.41) is 1.39. The summed E-state index contributed by atoms with van der Waals surface area (Å²) < 4.78 is 0. The molecule has 2 heterocycles. The van der Waals surface area contributed by atoms with Crippen molar-refractivity contribution in [2.75, 3.05) is 0 Å². The Balaban J connectivity index is 0.000000212. The molecule has 0 aliphatic heterocycles. The Morgan fingerprint density at radius 1 is 0.646 bits per heavy atom. The van der Waals surface area contributed by atoms with E-state index in [1.54, 1.807) is 0 Å². The summed E-state index contributed by atoms with van der Waals surface area (Å²) >= 11 is 0. The molecule has 0 saturated carbocycles. The molecule has 2 aromatic heterocycles. The molecule has 0 aliphatic rings. The SMILES string of the molecule is CC(C)(C)Cc1ccnc(-c2[c-]cc(-c3ccccc3)cc2)c1.CC(c1c[c-]c(-c2ccc([Si](C)(C)C)cn2)cc1)c1ccccc1.[Ir]. The molecule has 0 spiro atoms. The van der Waals surface area contributed by atoms with Gasteiger partial charge in [0.25, 0.3) is 0 Å². The maximum absolute atomic E-state index is 4.65. The van der Waals surface area contributed by atoms with Gasteiger partial charge in [-0.15, -0.1) is 65.2 Å². The second-order valence-corrected chi connectivity index (χ2v) is 19.6. The monoisotopic (exact) mass is 823 g/mol. The van der Waals surface area contributed by atoms with Gasteiger partial charge in [0, 0.05) is 32.5 Å². The van der Waals surface area contributed by atoms with Crippen molar-refractivity contribution in [3.05, 3.63) is 163 Å². The van der Waals surface area contributed by atoms with Crippen LogP contribution in [-0.4, -0.2) is 18.0 Å². The first kappa shape index (κ1) is 36.9. The Bertz CT molecular complexity index is 1840. The Labute approximate surface area is 303 Å². The summed E-state index contributed by atoms with van der Waals surface area (Å²) in [6, 6.07) is 49.1. The summed E-state index contributed by atoms with van der Waals surface area (Å²) in [5.74, 6) is 0.374. The van der Waals surface area contributed by atoms with E-state index in [9.17, 15) is 0 Å². The first-order valence-electron chi connectivity index (χ1n) is 16.5. The second-order valence-electron chi connectivity index (χ2n) is 14.5. The average molecular weight is 823 g/mol. The summed E-state index contributed by atoms with van der Waals surface area (Å²) in [4.78, 5) is 9.16. The van der Waals surface area contributed by atoms with Gasteiger partial charge >= 0.3 is 0 Å². The molecule has 247 valence electrons. The number of rotatable bonds is 7. The molecule has 0 N–H and O–H groups in total. The molecule has 6 aromatic rings. The molecule has 0 aliphatic carbocycles. The molecule has 2 nitrogen and oxygen atoms in total. The van der Waals surface area contributed by atoms with E-state index in [1.165, 1.54) is 33.0 Å². The van der Waals surface area contributed by atoms with E-state index in [0.717, 1.165) is 28.9 Å². The Hall–Kier alpha value is -3.95. The number of pyridine rings is 2. The molecule has 4 aromatic carbocycles. The van der Waals surface area contributed by atoms with Crippen molar-refractivity contribution in [1.29, 1.82) is 0 Å². The fourth-order valence-corrected chi connectivity index (χ4v) is 6.57. The minimum Gasteiger partial charge on any atom is -0.305 e. The average Bonchev–Trinajstić information content (AvgIpc) is 3.08. The third kappa shape index (κ3) is 10.3. The van der Waals surface area contributed by atoms with Gasteiger partial charge < -0.3 is 9.97 Å². The maximum atomic E-state index is 4.65. The van der Waals surface area contributed by atoms with Crippen LogP contribution >= 0.6 is 0 Å². The van der Waals surface area contributed by atoms with E-state index in [4.69, 9.17) is 0 Å². The van der Waals surface area contributed by atoms with Crippen LogP contribution in [0.5, 0.6) is 0 Å². The maximum Gasteiger partial charge on any atom is 0.0795 e. The normalized spacial score (nSPS) is 11.9. The van der Waals surface area contributed by atoms with Crippen LogP contribution in [0.25, 0.3) is 33.6 Å². The Kier molecular flexibility index (Phi) is 12.6. The quantitative estimate of drug-likeness (QED) is 0.118. The van der Waals surface area contributed by atoms with Crippen LogP contribution < -0.4 is 5.19 Å². The Morgan fingerprint density at radius 2 is 1.29 bits per heavy atom. The van der Waals surface area contributed by atoms with Crippen molar-refractivity contribution in [3.8, 4) is 33.6 Å². The molecule has 1 atom stereocenters. The van der Waals surface area contributed by atoms with Crippen LogP contribution in [0, 0.1) is 17.5 Å². The van der Waals surface area contributed by atoms with Crippen molar-refractivity contribution in [1.82, 2.24) is 9.97 Å². The first-order chi connectivity index (χ1) is 22.5. The van der Waals surface area contributed by atoms with E-state index in [2.05, 4.69) is 179 Å². The zero-order valence-corrected chi connectivity index (χ0v) is 32.6. The van der Waals surface area contributed by atoms with Gasteiger partial charge in [-0.2, -0.15) is 0 Å². The van der Waals surface area contributed by atoms with Crippen LogP contribution in [0.15, 0.2) is 134 Å². The van der Waals surface area contributed by atoms with Gasteiger partial charge in [0.15, 0.2) is 0 Å². The number of hydrogen-bond acceptors (Lipinski definition) is 2. The van der Waals surface area contributed by atoms with Gasteiger partial charge in [0.1, 0.15) is 0 Å². The minimum atomic E-state index is -1.29. The van der Waals surface area contributed by atoms with E-state index >= 15 is 0 Å². The molecule has 4 heteroatoms. The summed E-state index contributed by atoms with van der Waals surface area (Å²) in [6.45, 7) is 16.0. The van der Waals surface area contributed by atoms with Crippen molar-refractivity contribution in [3.63, 3.8) is 0 Å². The fourth-order valence-electron chi connectivity index (χ4n) is 5.53. The molecular formula is C44H46IrN2Si-2. The Morgan fingerprint density at radius 3 is 1.85 bits per heavy atom. The first-order valence-corrected chi connectivity index (χ1v) is 20.0. The number of aromatic nitrogens is 2. The largest absolute Gasteiger partial charge is 0.305 e. The molecule has 1 unspecified atom stereocenters. The van der Waals surface area contributed by atoms with Gasteiger partial charge in [-0.3, -0.25) is 0 Å². The standard InChI is InChI=1S/C22H24NSi.C22H22N.Ir/c1-17(18-8-6-5-7-9-18)19-10-12-20(13-11-19)22-15-14-21(16-23-22)24(2,3)4;1-22(2,3)16-17-13-14-23-21(15-17)20-11-9-19(10-12-20)18-7-5-4-6-8-18;/h5-12,14-17H,1-4H3;4-11,13-15H,16H2,1-3H3;/q2*-1;. The van der Waals surface area contributed by atoms with Crippen molar-refractivity contribution in [2.45, 2.75) is 59.7 Å². The topological polar surface area (TPSA) is 25.8 Å². The third-order valence-electron chi connectivity index (χ3n) is 8.30. The van der Waals surface area contributed by atoms with Gasteiger partial charge in [-0.05, 0) is 46.0 Å². The molecule has 0 amide bonds. The molecular weight excluding hydrogens is 777 g/mol. The molecule has 1 radical (unpaired) electrons. The molecule has 6 rings (SSSR count). The second kappa shape index (κ2) is 16.4. The predicted molar refractivity (Wildman–Crippen MR) is 203 cm³/mol. The smallest absolute Gasteiger partial charge is 0.0795 e. The van der Waals surface area contributed by atoms with Crippen molar-refractivity contribution in [2.24, 2.45) is 5.41 Å². The number of hydrogen-bond donors (Lipinski definition) is 0. The van der Waals surface area contributed by atoms with E-state index < -0.39 is 8.07 Å². The van der Waals surface area contributed by atoms with E-state index in [-0.39, 0.29) is 25.5 Å². The van der Waals surface area contributed by atoms with E-state index in [0.29, 0.717) is 5.92 Å². The van der Waals surface area contributed by atoms with Crippen LogP contribution in [0.4, 0.5) is 0 Å². The van der Waals surface area contributed by atoms with Gasteiger partial charge in [0.05, 0.1) is 8.07 Å². The van der Waals surface area contributed by atoms with Crippen LogP contribution in [0.3, 0.4) is 0 Å². The molecule has 0 bridgehead atoms. The molecule has 0 saturated heterocycles. The number of benzene rings is 4. The van der Waals surface area contributed by atoms with Crippen LogP contribution in [0.2, 0.25) is 19.6 Å². The summed E-state index contributed by atoms with van der Waals surface area (Å²) in [6.07, 6.45) is 4.98. The van der Waals surface area contributed by atoms with Crippen LogP contribution in [-0.2, 0) is 26.5 Å². The molecule has 0 fully saturated rings. The van der Waals surface area contributed by atoms with Crippen LogP contribution in [0.1, 0.15) is 50.3 Å². The van der Waals surface area contributed by atoms with Gasteiger partial charge in [-0.1, -0.05) is 143 Å². The van der Waals surface area contributed by atoms with E-state index in [1.807, 2.05) is 24.5 Å². The number of nitrogens with zero attached hydrogens (tertiary/aromatic N) is 2. The third-order valence-corrected chi connectivity index (χ3v) is 10.3. The summed E-state index contributed by atoms with van der Waals surface area (Å²) in [5.41, 5.74) is 10.7.